The van der Waals surface area contributed by atoms with Crippen molar-refractivity contribution in [3.63, 3.8) is 0 Å². The Morgan fingerprint density at radius 2 is 2.08 bits per heavy atom. The minimum absolute atomic E-state index is 0.0683. The molecule has 6 heteroatoms. The molecule has 1 spiro atoms. The molecule has 2 amide bonds. The number of likely N-dealkylation sites (tertiary alicyclic amines) is 1. The van der Waals surface area contributed by atoms with E-state index in [1.54, 1.807) is 29.2 Å². The molecule has 0 N–H and O–H groups in total. The maximum Gasteiger partial charge on any atom is 0.410 e. The molecule has 1 atom stereocenters. The van der Waals surface area contributed by atoms with Gasteiger partial charge in [-0.15, -0.1) is 0 Å². The number of carbonyl (C=O) groups is 2. The summed E-state index contributed by atoms with van der Waals surface area (Å²) >= 11 is 0. The molecular formula is C19H20N2O4. The highest BCUT2D eigenvalue weighted by Gasteiger charge is 2.47. The molecular weight excluding hydrogens is 320 g/mol. The lowest BCUT2D eigenvalue weighted by atomic mass is 9.92. The number of hydrogen-bond acceptors (Lipinski definition) is 4. The van der Waals surface area contributed by atoms with E-state index in [-0.39, 0.29) is 12.0 Å². The van der Waals surface area contributed by atoms with Gasteiger partial charge in [0.15, 0.2) is 0 Å². The van der Waals surface area contributed by atoms with E-state index in [1.165, 1.54) is 0 Å². The fourth-order valence-electron chi connectivity index (χ4n) is 3.69. The van der Waals surface area contributed by atoms with Gasteiger partial charge in [-0.1, -0.05) is 18.2 Å². The van der Waals surface area contributed by atoms with E-state index >= 15 is 0 Å². The second-order valence-electron chi connectivity index (χ2n) is 6.80. The summed E-state index contributed by atoms with van der Waals surface area (Å²) in [6.45, 7) is 1.61. The second-order valence-corrected chi connectivity index (χ2v) is 6.80. The van der Waals surface area contributed by atoms with E-state index < -0.39 is 5.60 Å². The molecule has 25 heavy (non-hydrogen) atoms. The standard InChI is InChI=1S/C19H20N2O4/c1-20-12-19(25-18(20)23)8-4-9-21(13-19)17(22)15-7-10-24-16-6-3-2-5-14(16)11-15/h2-3,5-7,10-11H,4,8-9,12-13H2,1H3/t19-/m1/s1. The minimum atomic E-state index is -0.580. The molecule has 4 rings (SSSR count). The van der Waals surface area contributed by atoms with Crippen molar-refractivity contribution in [2.45, 2.75) is 18.4 Å². The average Bonchev–Trinajstić information content (AvgIpc) is 2.78. The zero-order valence-electron chi connectivity index (χ0n) is 14.1. The lowest BCUT2D eigenvalue weighted by Gasteiger charge is -2.38. The molecule has 0 bridgehead atoms. The Kier molecular flexibility index (Phi) is 3.75. The van der Waals surface area contributed by atoms with Crippen molar-refractivity contribution in [3.05, 3.63) is 47.7 Å². The van der Waals surface area contributed by atoms with Crippen molar-refractivity contribution < 1.29 is 19.1 Å². The smallest absolute Gasteiger partial charge is 0.410 e. The molecule has 3 aliphatic rings. The quantitative estimate of drug-likeness (QED) is 0.788. The molecule has 0 aromatic heterocycles. The van der Waals surface area contributed by atoms with E-state index in [2.05, 4.69) is 0 Å². The summed E-state index contributed by atoms with van der Waals surface area (Å²) in [7, 11) is 1.72. The van der Waals surface area contributed by atoms with Crippen LogP contribution in [0.2, 0.25) is 0 Å². The summed E-state index contributed by atoms with van der Waals surface area (Å²) in [4.78, 5) is 28.1. The first-order valence-electron chi connectivity index (χ1n) is 8.44. The number of carbonyl (C=O) groups excluding carboxylic acids is 2. The molecule has 0 saturated carbocycles. The molecule has 0 radical (unpaired) electrons. The SMILES string of the molecule is CN1C[C@@]2(CCCN(C(=O)C3=Cc4ccccc4OC=C3)C2)OC1=O. The molecule has 2 fully saturated rings. The van der Waals surface area contributed by atoms with Crippen LogP contribution in [0, 0.1) is 0 Å². The van der Waals surface area contributed by atoms with Crippen LogP contribution in [0.4, 0.5) is 4.79 Å². The van der Waals surface area contributed by atoms with Gasteiger partial charge in [-0.2, -0.15) is 0 Å². The predicted octanol–water partition coefficient (Wildman–Crippen LogP) is 2.42. The van der Waals surface area contributed by atoms with Crippen molar-refractivity contribution in [1.82, 2.24) is 9.80 Å². The molecule has 3 heterocycles. The van der Waals surface area contributed by atoms with Crippen molar-refractivity contribution >= 4 is 18.1 Å². The van der Waals surface area contributed by atoms with Crippen LogP contribution >= 0.6 is 0 Å². The minimum Gasteiger partial charge on any atom is -0.464 e. The summed E-state index contributed by atoms with van der Waals surface area (Å²) < 4.78 is 11.1. The Morgan fingerprint density at radius 3 is 2.88 bits per heavy atom. The topological polar surface area (TPSA) is 59.1 Å². The zero-order valence-corrected chi connectivity index (χ0v) is 14.1. The number of ether oxygens (including phenoxy) is 2. The van der Waals surface area contributed by atoms with Gasteiger partial charge in [0.25, 0.3) is 5.91 Å². The number of benzene rings is 1. The first-order chi connectivity index (χ1) is 12.1. The highest BCUT2D eigenvalue weighted by molar-refractivity contribution is 6.01. The first kappa shape index (κ1) is 15.7. The average molecular weight is 340 g/mol. The van der Waals surface area contributed by atoms with Crippen molar-refractivity contribution in [2.24, 2.45) is 0 Å². The highest BCUT2D eigenvalue weighted by Crippen LogP contribution is 2.32. The van der Waals surface area contributed by atoms with E-state index in [0.717, 1.165) is 24.2 Å². The number of piperidine rings is 1. The Balaban J connectivity index is 1.57. The maximum absolute atomic E-state index is 13.0. The van der Waals surface area contributed by atoms with Crippen LogP contribution in [0.5, 0.6) is 5.75 Å². The Labute approximate surface area is 146 Å². The third kappa shape index (κ3) is 2.88. The molecule has 6 nitrogen and oxygen atoms in total. The van der Waals surface area contributed by atoms with Gasteiger partial charge in [0, 0.05) is 24.7 Å². The van der Waals surface area contributed by atoms with Gasteiger partial charge in [-0.3, -0.25) is 4.79 Å². The molecule has 0 unspecified atom stereocenters. The lowest BCUT2D eigenvalue weighted by Crippen LogP contribution is -2.52. The monoisotopic (exact) mass is 340 g/mol. The summed E-state index contributed by atoms with van der Waals surface area (Å²) in [6, 6.07) is 7.59. The van der Waals surface area contributed by atoms with Crippen LogP contribution in [0.1, 0.15) is 18.4 Å². The molecule has 1 aromatic rings. The van der Waals surface area contributed by atoms with E-state index in [9.17, 15) is 9.59 Å². The largest absolute Gasteiger partial charge is 0.464 e. The highest BCUT2D eigenvalue weighted by atomic mass is 16.6. The Morgan fingerprint density at radius 1 is 1.24 bits per heavy atom. The fraction of sp³-hybridized carbons (Fsp3) is 0.368. The van der Waals surface area contributed by atoms with Gasteiger partial charge in [-0.25, -0.2) is 4.79 Å². The van der Waals surface area contributed by atoms with Crippen molar-refractivity contribution in [2.75, 3.05) is 26.7 Å². The third-order valence-corrected chi connectivity index (χ3v) is 4.89. The van der Waals surface area contributed by atoms with Gasteiger partial charge in [-0.05, 0) is 31.1 Å². The normalized spacial score (nSPS) is 25.2. The zero-order chi connectivity index (χ0) is 17.4. The van der Waals surface area contributed by atoms with E-state index in [0.29, 0.717) is 25.2 Å². The summed E-state index contributed by atoms with van der Waals surface area (Å²) in [5.41, 5.74) is 0.859. The Hall–Kier alpha value is -2.76. The summed E-state index contributed by atoms with van der Waals surface area (Å²) in [5, 5.41) is 0. The van der Waals surface area contributed by atoms with Gasteiger partial charge in [0.2, 0.25) is 0 Å². The number of nitrogens with zero attached hydrogens (tertiary/aromatic N) is 2. The number of para-hydroxylation sites is 1. The second kappa shape index (κ2) is 5.95. The van der Waals surface area contributed by atoms with Crippen LogP contribution < -0.4 is 4.74 Å². The van der Waals surface area contributed by atoms with Gasteiger partial charge in [0.05, 0.1) is 19.4 Å². The van der Waals surface area contributed by atoms with Crippen LogP contribution in [0.3, 0.4) is 0 Å². The van der Waals surface area contributed by atoms with E-state index in [1.807, 2.05) is 30.3 Å². The lowest BCUT2D eigenvalue weighted by molar-refractivity contribution is -0.132. The number of amides is 2. The van der Waals surface area contributed by atoms with Crippen molar-refractivity contribution in [3.8, 4) is 5.75 Å². The molecule has 0 aliphatic carbocycles. The van der Waals surface area contributed by atoms with Crippen molar-refractivity contribution in [1.29, 1.82) is 0 Å². The predicted molar refractivity (Wildman–Crippen MR) is 91.8 cm³/mol. The number of rotatable bonds is 1. The van der Waals surface area contributed by atoms with Crippen LogP contribution in [0.25, 0.3) is 6.08 Å². The first-order valence-corrected chi connectivity index (χ1v) is 8.44. The molecule has 130 valence electrons. The molecule has 3 aliphatic heterocycles. The summed E-state index contributed by atoms with van der Waals surface area (Å²) in [5.74, 6) is 0.657. The molecule has 1 aromatic carbocycles. The van der Waals surface area contributed by atoms with Gasteiger partial charge in [0.1, 0.15) is 11.4 Å². The fourth-order valence-corrected chi connectivity index (χ4v) is 3.69. The molecule has 2 saturated heterocycles. The maximum atomic E-state index is 13.0. The van der Waals surface area contributed by atoms with Crippen LogP contribution in [0.15, 0.2) is 42.2 Å². The third-order valence-electron chi connectivity index (χ3n) is 4.89. The van der Waals surface area contributed by atoms with Crippen LogP contribution in [-0.2, 0) is 9.53 Å². The Bertz CT molecular complexity index is 785. The number of hydrogen-bond donors (Lipinski definition) is 0. The number of fused-ring (bicyclic) bond motifs is 1. The number of likely N-dealkylation sites (N-methyl/N-ethyl adjacent to an activating group) is 1. The van der Waals surface area contributed by atoms with E-state index in [4.69, 9.17) is 9.47 Å². The van der Waals surface area contributed by atoms with Gasteiger partial charge < -0.3 is 19.3 Å². The van der Waals surface area contributed by atoms with Crippen LogP contribution in [-0.4, -0.2) is 54.1 Å². The summed E-state index contributed by atoms with van der Waals surface area (Å²) in [6.07, 6.45) is 6.36. The van der Waals surface area contributed by atoms with Gasteiger partial charge >= 0.3 is 6.09 Å².